The van der Waals surface area contributed by atoms with Gasteiger partial charge in [-0.3, -0.25) is 9.36 Å². The van der Waals surface area contributed by atoms with Crippen LogP contribution in [0.5, 0.6) is 0 Å². The summed E-state index contributed by atoms with van der Waals surface area (Å²) in [5, 5.41) is 9.38. The summed E-state index contributed by atoms with van der Waals surface area (Å²) in [6.45, 7) is 5.34. The fourth-order valence-corrected chi connectivity index (χ4v) is 2.47. The summed E-state index contributed by atoms with van der Waals surface area (Å²) in [4.78, 5) is 26.0. The molecule has 0 aliphatic heterocycles. The first-order chi connectivity index (χ1) is 10.9. The number of hydrogen-bond donors (Lipinski definition) is 1. The molecule has 0 bridgehead atoms. The van der Waals surface area contributed by atoms with Gasteiger partial charge < -0.3 is 10.0 Å². The molecule has 2 rings (SSSR count). The van der Waals surface area contributed by atoms with Crippen LogP contribution in [0.4, 0.5) is 5.69 Å². The van der Waals surface area contributed by atoms with Crippen molar-refractivity contribution in [1.29, 1.82) is 0 Å². The van der Waals surface area contributed by atoms with Crippen LogP contribution in [0.2, 0.25) is 0 Å². The van der Waals surface area contributed by atoms with E-state index in [0.29, 0.717) is 17.7 Å². The van der Waals surface area contributed by atoms with Gasteiger partial charge in [0.25, 0.3) is 5.56 Å². The van der Waals surface area contributed by atoms with Gasteiger partial charge in [-0.2, -0.15) is 0 Å². The molecule has 0 spiro atoms. The van der Waals surface area contributed by atoms with Gasteiger partial charge in [0, 0.05) is 31.7 Å². The summed E-state index contributed by atoms with van der Waals surface area (Å²) in [6.07, 6.45) is 3.89. The molecule has 1 aromatic heterocycles. The van der Waals surface area contributed by atoms with E-state index in [9.17, 15) is 14.7 Å². The SMILES string of the molecule is C=CCc1cn(-c2ccc(N(C)C)cc2)c(=O)c(C(=O)O)c1C. The van der Waals surface area contributed by atoms with Gasteiger partial charge in [0.15, 0.2) is 0 Å². The molecule has 5 nitrogen and oxygen atoms in total. The molecule has 0 aliphatic rings. The Labute approximate surface area is 135 Å². The predicted octanol–water partition coefficient (Wildman–Crippen LogP) is 2.64. The van der Waals surface area contributed by atoms with Crippen LogP contribution in [0.15, 0.2) is 47.9 Å². The highest BCUT2D eigenvalue weighted by Crippen LogP contribution is 2.17. The Kier molecular flexibility index (Phi) is 4.69. The minimum absolute atomic E-state index is 0.193. The van der Waals surface area contributed by atoms with Crippen LogP contribution < -0.4 is 10.5 Å². The number of carboxylic acids is 1. The van der Waals surface area contributed by atoms with Crippen molar-refractivity contribution in [2.45, 2.75) is 13.3 Å². The zero-order valence-corrected chi connectivity index (χ0v) is 13.5. The van der Waals surface area contributed by atoms with Crippen LogP contribution in [0.25, 0.3) is 5.69 Å². The highest BCUT2D eigenvalue weighted by atomic mass is 16.4. The quantitative estimate of drug-likeness (QED) is 0.862. The number of benzene rings is 1. The molecule has 0 saturated carbocycles. The summed E-state index contributed by atoms with van der Waals surface area (Å²) < 4.78 is 1.38. The number of allylic oxidation sites excluding steroid dienone is 1. The lowest BCUT2D eigenvalue weighted by Gasteiger charge is -2.15. The lowest BCUT2D eigenvalue weighted by atomic mass is 10.0. The largest absolute Gasteiger partial charge is 0.477 e. The average Bonchev–Trinajstić information content (AvgIpc) is 2.50. The standard InChI is InChI=1S/C18H20N2O3/c1-5-6-13-11-20(17(21)16(12(13)2)18(22)23)15-9-7-14(8-10-15)19(3)4/h5,7-11H,1,6H2,2-4H3,(H,22,23). The third-order valence-corrected chi connectivity index (χ3v) is 3.80. The molecular weight excluding hydrogens is 292 g/mol. The molecule has 1 aromatic carbocycles. The molecule has 1 N–H and O–H groups in total. The zero-order chi connectivity index (χ0) is 17.1. The maximum absolute atomic E-state index is 12.6. The number of nitrogens with zero attached hydrogens (tertiary/aromatic N) is 2. The number of anilines is 1. The summed E-state index contributed by atoms with van der Waals surface area (Å²) in [5.74, 6) is -1.21. The van der Waals surface area contributed by atoms with Gasteiger partial charge >= 0.3 is 5.97 Å². The maximum Gasteiger partial charge on any atom is 0.341 e. The second kappa shape index (κ2) is 6.52. The van der Waals surface area contributed by atoms with E-state index >= 15 is 0 Å². The zero-order valence-electron chi connectivity index (χ0n) is 13.5. The number of pyridine rings is 1. The maximum atomic E-state index is 12.6. The van der Waals surface area contributed by atoms with Gasteiger partial charge in [0.1, 0.15) is 5.56 Å². The van der Waals surface area contributed by atoms with Gasteiger partial charge in [-0.15, -0.1) is 6.58 Å². The second-order valence-electron chi connectivity index (χ2n) is 5.54. The molecule has 2 aromatic rings. The highest BCUT2D eigenvalue weighted by molar-refractivity contribution is 5.89. The van der Waals surface area contributed by atoms with Crippen molar-refractivity contribution >= 4 is 11.7 Å². The second-order valence-corrected chi connectivity index (χ2v) is 5.54. The van der Waals surface area contributed by atoms with Crippen molar-refractivity contribution in [2.24, 2.45) is 0 Å². The Hall–Kier alpha value is -2.82. The topological polar surface area (TPSA) is 62.5 Å². The molecule has 23 heavy (non-hydrogen) atoms. The Morgan fingerprint density at radius 2 is 1.91 bits per heavy atom. The molecule has 120 valence electrons. The third-order valence-electron chi connectivity index (χ3n) is 3.80. The van der Waals surface area contributed by atoms with Gasteiger partial charge in [-0.1, -0.05) is 6.08 Å². The molecule has 0 aliphatic carbocycles. The van der Waals surface area contributed by atoms with E-state index in [1.54, 1.807) is 31.3 Å². The van der Waals surface area contributed by atoms with E-state index in [-0.39, 0.29) is 5.56 Å². The van der Waals surface area contributed by atoms with Crippen LogP contribution in [-0.2, 0) is 6.42 Å². The third kappa shape index (κ3) is 3.18. The molecule has 0 fully saturated rings. The predicted molar refractivity (Wildman–Crippen MR) is 92.0 cm³/mol. The van der Waals surface area contributed by atoms with E-state index in [2.05, 4.69) is 6.58 Å². The minimum atomic E-state index is -1.21. The first kappa shape index (κ1) is 16.5. The average molecular weight is 312 g/mol. The van der Waals surface area contributed by atoms with Gasteiger partial charge in [-0.25, -0.2) is 4.79 Å². The van der Waals surface area contributed by atoms with E-state index in [4.69, 9.17) is 0 Å². The Balaban J connectivity index is 2.68. The number of carboxylic acid groups (broad SMARTS) is 1. The molecule has 1 heterocycles. The molecule has 0 radical (unpaired) electrons. The normalized spacial score (nSPS) is 10.4. The van der Waals surface area contributed by atoms with Crippen molar-refractivity contribution in [3.05, 3.63) is 70.2 Å². The van der Waals surface area contributed by atoms with E-state index in [1.807, 2.05) is 31.1 Å². The van der Waals surface area contributed by atoms with Crippen LogP contribution in [0.1, 0.15) is 21.5 Å². The fraction of sp³-hybridized carbons (Fsp3) is 0.222. The molecule has 0 unspecified atom stereocenters. The van der Waals surface area contributed by atoms with Crippen molar-refractivity contribution in [3.8, 4) is 5.69 Å². The number of aromatic carboxylic acids is 1. The van der Waals surface area contributed by atoms with Gasteiger partial charge in [-0.05, 0) is 48.7 Å². The lowest BCUT2D eigenvalue weighted by molar-refractivity contribution is 0.0693. The Morgan fingerprint density at radius 1 is 1.30 bits per heavy atom. The number of carbonyl (C=O) groups is 1. The Morgan fingerprint density at radius 3 is 2.39 bits per heavy atom. The minimum Gasteiger partial charge on any atom is -0.477 e. The van der Waals surface area contributed by atoms with Crippen molar-refractivity contribution < 1.29 is 9.90 Å². The number of rotatable bonds is 5. The van der Waals surface area contributed by atoms with Crippen LogP contribution >= 0.6 is 0 Å². The molecular formula is C18H20N2O3. The number of aromatic nitrogens is 1. The van der Waals surface area contributed by atoms with Gasteiger partial charge in [0.2, 0.25) is 0 Å². The van der Waals surface area contributed by atoms with Crippen molar-refractivity contribution in [3.63, 3.8) is 0 Å². The molecule has 0 saturated heterocycles. The van der Waals surface area contributed by atoms with Crippen LogP contribution in [-0.4, -0.2) is 29.7 Å². The summed E-state index contributed by atoms with van der Waals surface area (Å²) in [6, 6.07) is 7.37. The molecule has 5 heteroatoms. The van der Waals surface area contributed by atoms with E-state index < -0.39 is 11.5 Å². The van der Waals surface area contributed by atoms with Gasteiger partial charge in [0.05, 0.1) is 0 Å². The lowest BCUT2D eigenvalue weighted by Crippen LogP contribution is -2.27. The molecule has 0 amide bonds. The molecule has 0 atom stereocenters. The van der Waals surface area contributed by atoms with E-state index in [1.165, 1.54) is 4.57 Å². The van der Waals surface area contributed by atoms with Crippen LogP contribution in [0, 0.1) is 6.92 Å². The van der Waals surface area contributed by atoms with Crippen molar-refractivity contribution in [1.82, 2.24) is 4.57 Å². The van der Waals surface area contributed by atoms with E-state index in [0.717, 1.165) is 11.3 Å². The summed E-state index contributed by atoms with van der Waals surface area (Å²) >= 11 is 0. The fourth-order valence-electron chi connectivity index (χ4n) is 2.47. The Bertz CT molecular complexity index is 802. The van der Waals surface area contributed by atoms with Crippen LogP contribution in [0.3, 0.4) is 0 Å². The first-order valence-corrected chi connectivity index (χ1v) is 7.24. The van der Waals surface area contributed by atoms with Crippen molar-refractivity contribution in [2.75, 3.05) is 19.0 Å². The monoisotopic (exact) mass is 312 g/mol. The summed E-state index contributed by atoms with van der Waals surface area (Å²) in [5.41, 5.74) is 2.17. The smallest absolute Gasteiger partial charge is 0.341 e. The number of hydrogen-bond acceptors (Lipinski definition) is 3. The first-order valence-electron chi connectivity index (χ1n) is 7.24. The summed E-state index contributed by atoms with van der Waals surface area (Å²) in [7, 11) is 3.86. The highest BCUT2D eigenvalue weighted by Gasteiger charge is 2.18.